The number of hydrogen-bond donors (Lipinski definition) is 1. The van der Waals surface area contributed by atoms with E-state index in [4.69, 9.17) is 4.98 Å². The number of hydrogen-bond acceptors (Lipinski definition) is 4. The predicted molar refractivity (Wildman–Crippen MR) is 135 cm³/mol. The maximum atomic E-state index is 12.0. The van der Waals surface area contributed by atoms with E-state index < -0.39 is 0 Å². The molecule has 1 aliphatic rings. The fraction of sp³-hybridized carbons (Fsp3) is 0.500. The summed E-state index contributed by atoms with van der Waals surface area (Å²) < 4.78 is 0. The highest BCUT2D eigenvalue weighted by atomic mass is 127. The van der Waals surface area contributed by atoms with Gasteiger partial charge in [-0.3, -0.25) is 4.79 Å². The Morgan fingerprint density at radius 2 is 1.90 bits per heavy atom. The quantitative estimate of drug-likeness (QED) is 0.332. The van der Waals surface area contributed by atoms with Crippen molar-refractivity contribution in [3.63, 3.8) is 0 Å². The predicted octanol–water partition coefficient (Wildman–Crippen LogP) is 3.35. The monoisotopic (exact) mass is 541 g/mol. The van der Waals surface area contributed by atoms with Gasteiger partial charge in [0.2, 0.25) is 5.91 Å². The lowest BCUT2D eigenvalue weighted by atomic mass is 10.0. The zero-order valence-electron chi connectivity index (χ0n) is 18.1. The molecular formula is C22H32IN5OS. The number of amides is 1. The second-order valence-corrected chi connectivity index (χ2v) is 8.80. The highest BCUT2D eigenvalue weighted by Gasteiger charge is 2.17. The number of guanidine groups is 1. The largest absolute Gasteiger partial charge is 0.356 e. The summed E-state index contributed by atoms with van der Waals surface area (Å²) in [4.78, 5) is 26.5. The Morgan fingerprint density at radius 1 is 1.17 bits per heavy atom. The van der Waals surface area contributed by atoms with Crippen molar-refractivity contribution in [1.29, 1.82) is 0 Å². The smallest absolute Gasteiger partial charge is 0.243 e. The van der Waals surface area contributed by atoms with E-state index in [9.17, 15) is 4.79 Å². The number of thiazole rings is 1. The molecule has 6 nitrogen and oxygen atoms in total. The molecule has 1 aromatic carbocycles. The highest BCUT2D eigenvalue weighted by Crippen LogP contribution is 2.27. The normalized spacial score (nSPS) is 13.2. The first kappa shape index (κ1) is 24.6. The number of nitrogens with zero attached hydrogens (tertiary/aromatic N) is 4. The summed E-state index contributed by atoms with van der Waals surface area (Å²) in [6.07, 6.45) is 5.67. The molecule has 0 unspecified atom stereocenters. The number of fused-ring (bicyclic) bond motifs is 1. The zero-order valence-corrected chi connectivity index (χ0v) is 21.2. The third kappa shape index (κ3) is 7.23. The van der Waals surface area contributed by atoms with E-state index in [1.807, 2.05) is 24.5 Å². The van der Waals surface area contributed by atoms with Crippen LogP contribution in [0.15, 0.2) is 35.3 Å². The molecule has 1 heterocycles. The summed E-state index contributed by atoms with van der Waals surface area (Å²) in [6, 6.07) is 10.4. The topological polar surface area (TPSA) is 60.8 Å². The first-order valence-electron chi connectivity index (χ1n) is 10.2. The van der Waals surface area contributed by atoms with E-state index in [-0.39, 0.29) is 36.4 Å². The van der Waals surface area contributed by atoms with Crippen LogP contribution in [-0.4, -0.2) is 60.9 Å². The molecule has 1 amide bonds. The van der Waals surface area contributed by atoms with Gasteiger partial charge in [0, 0.05) is 32.6 Å². The van der Waals surface area contributed by atoms with Crippen molar-refractivity contribution in [3.05, 3.63) is 51.5 Å². The second-order valence-electron chi connectivity index (χ2n) is 7.63. The molecule has 0 aliphatic heterocycles. The van der Waals surface area contributed by atoms with Gasteiger partial charge in [0.1, 0.15) is 11.6 Å². The third-order valence-corrected chi connectivity index (χ3v) is 6.17. The van der Waals surface area contributed by atoms with Crippen LogP contribution in [0.2, 0.25) is 0 Å². The lowest BCUT2D eigenvalue weighted by Gasteiger charge is -2.22. The van der Waals surface area contributed by atoms with Gasteiger partial charge >= 0.3 is 0 Å². The van der Waals surface area contributed by atoms with Crippen LogP contribution in [0.5, 0.6) is 0 Å². The maximum Gasteiger partial charge on any atom is 0.243 e. The van der Waals surface area contributed by atoms with Crippen LogP contribution >= 0.6 is 35.3 Å². The van der Waals surface area contributed by atoms with E-state index in [1.54, 1.807) is 19.0 Å². The van der Waals surface area contributed by atoms with E-state index >= 15 is 0 Å². The fourth-order valence-electron chi connectivity index (χ4n) is 3.31. The van der Waals surface area contributed by atoms with Gasteiger partial charge in [-0.05, 0) is 37.7 Å². The molecule has 164 valence electrons. The summed E-state index contributed by atoms with van der Waals surface area (Å²) >= 11 is 1.82. The first-order valence-corrected chi connectivity index (χ1v) is 11.1. The molecule has 1 aliphatic carbocycles. The van der Waals surface area contributed by atoms with Crippen molar-refractivity contribution in [2.75, 3.05) is 34.2 Å². The van der Waals surface area contributed by atoms with Crippen molar-refractivity contribution in [2.24, 2.45) is 4.99 Å². The van der Waals surface area contributed by atoms with E-state index in [0.717, 1.165) is 36.8 Å². The van der Waals surface area contributed by atoms with Crippen LogP contribution < -0.4 is 5.32 Å². The maximum absolute atomic E-state index is 12.0. The summed E-state index contributed by atoms with van der Waals surface area (Å²) in [6.45, 7) is 1.60. The number of aromatic nitrogens is 1. The van der Waals surface area contributed by atoms with Gasteiger partial charge in [-0.1, -0.05) is 30.3 Å². The van der Waals surface area contributed by atoms with Crippen LogP contribution in [0.1, 0.15) is 34.0 Å². The van der Waals surface area contributed by atoms with Crippen molar-refractivity contribution in [2.45, 2.75) is 38.6 Å². The van der Waals surface area contributed by atoms with Crippen molar-refractivity contribution in [1.82, 2.24) is 20.1 Å². The van der Waals surface area contributed by atoms with Crippen LogP contribution in [-0.2, 0) is 30.6 Å². The van der Waals surface area contributed by atoms with E-state index in [0.29, 0.717) is 6.54 Å². The van der Waals surface area contributed by atoms with Crippen LogP contribution in [0.25, 0.3) is 0 Å². The Kier molecular flexibility index (Phi) is 10.0. The van der Waals surface area contributed by atoms with Crippen LogP contribution in [0.3, 0.4) is 0 Å². The summed E-state index contributed by atoms with van der Waals surface area (Å²) in [5, 5.41) is 4.55. The zero-order chi connectivity index (χ0) is 20.6. The van der Waals surface area contributed by atoms with E-state index in [2.05, 4.69) is 39.5 Å². The number of aryl methyl sites for hydroxylation is 2. The standard InChI is InChI=1S/C22H31N5OS.HI/c1-26(2)21(28)15-24-22(23-14-13-17-9-5-4-6-10-17)27(3)16-20-25-18-11-7-8-12-19(18)29-20;/h4-6,9-10H,7-8,11-16H2,1-3H3,(H,23,24);1H. The Labute approximate surface area is 200 Å². The lowest BCUT2D eigenvalue weighted by Crippen LogP contribution is -2.40. The van der Waals surface area contributed by atoms with Gasteiger partial charge in [0.05, 0.1) is 12.2 Å². The minimum atomic E-state index is -0.00882. The van der Waals surface area contributed by atoms with Crippen molar-refractivity contribution in [3.8, 4) is 0 Å². The number of halogens is 1. The Balaban J connectivity index is 0.00000320. The molecule has 3 rings (SSSR count). The van der Waals surface area contributed by atoms with E-state index in [1.165, 1.54) is 29.0 Å². The molecule has 1 N–H and O–H groups in total. The molecule has 8 heteroatoms. The molecule has 0 saturated carbocycles. The molecule has 0 spiro atoms. The van der Waals surface area contributed by atoms with Gasteiger partial charge < -0.3 is 15.1 Å². The molecular weight excluding hydrogens is 509 g/mol. The summed E-state index contributed by atoms with van der Waals surface area (Å²) in [7, 11) is 5.52. The third-order valence-electron chi connectivity index (χ3n) is 5.03. The highest BCUT2D eigenvalue weighted by molar-refractivity contribution is 14.0. The Morgan fingerprint density at radius 3 is 2.60 bits per heavy atom. The number of nitrogens with one attached hydrogen (secondary N) is 1. The van der Waals surface area contributed by atoms with Crippen molar-refractivity contribution >= 4 is 47.2 Å². The van der Waals surface area contributed by atoms with Crippen LogP contribution in [0, 0.1) is 0 Å². The molecule has 1 aromatic heterocycles. The molecule has 2 aromatic rings. The molecule has 0 fully saturated rings. The fourth-order valence-corrected chi connectivity index (χ4v) is 4.52. The summed E-state index contributed by atoms with van der Waals surface area (Å²) in [5.41, 5.74) is 2.56. The molecule has 0 saturated heterocycles. The number of aliphatic imine (C=N–C) groups is 1. The Hall–Kier alpha value is -1.68. The first-order chi connectivity index (χ1) is 14.0. The second kappa shape index (κ2) is 12.2. The Bertz CT molecular complexity index is 814. The summed E-state index contributed by atoms with van der Waals surface area (Å²) in [5.74, 6) is 0.731. The number of rotatable bonds is 7. The molecule has 30 heavy (non-hydrogen) atoms. The van der Waals surface area contributed by atoms with Gasteiger partial charge in [-0.15, -0.1) is 35.3 Å². The molecule has 0 radical (unpaired) electrons. The number of carbonyl (C=O) groups is 1. The van der Waals surface area contributed by atoms with Gasteiger partial charge in [-0.25, -0.2) is 9.98 Å². The minimum absolute atomic E-state index is 0. The van der Waals surface area contributed by atoms with Crippen molar-refractivity contribution < 1.29 is 4.79 Å². The average molecular weight is 542 g/mol. The minimum Gasteiger partial charge on any atom is -0.356 e. The SMILES string of the molecule is CN(C)C(=O)CN=C(NCCc1ccccc1)N(C)Cc1nc2c(s1)CCCC2.I. The number of likely N-dealkylation sites (N-methyl/N-ethyl adjacent to an activating group) is 1. The van der Waals surface area contributed by atoms with Gasteiger partial charge in [0.15, 0.2) is 5.96 Å². The number of benzene rings is 1. The van der Waals surface area contributed by atoms with Crippen LogP contribution in [0.4, 0.5) is 0 Å². The molecule has 0 bridgehead atoms. The molecule has 0 atom stereocenters. The lowest BCUT2D eigenvalue weighted by molar-refractivity contribution is -0.127. The number of carbonyl (C=O) groups excluding carboxylic acids is 1. The van der Waals surface area contributed by atoms with Gasteiger partial charge in [0.25, 0.3) is 0 Å². The van der Waals surface area contributed by atoms with Gasteiger partial charge in [-0.2, -0.15) is 0 Å². The average Bonchev–Trinajstić information content (AvgIpc) is 3.13.